The van der Waals surface area contributed by atoms with Crippen molar-refractivity contribution in [3.05, 3.63) is 85.6 Å². The van der Waals surface area contributed by atoms with Gasteiger partial charge in [-0.2, -0.15) is 9.78 Å². The molecule has 4 aromatic rings. The molecule has 3 aromatic heterocycles. The first-order valence-corrected chi connectivity index (χ1v) is 11.1. The minimum Gasteiger partial charge on any atom is -0.366 e. The van der Waals surface area contributed by atoms with Gasteiger partial charge in [0.1, 0.15) is 5.02 Å². The molecule has 0 bridgehead atoms. The molecule has 1 aromatic carbocycles. The Bertz CT molecular complexity index is 1340. The Morgan fingerprint density at radius 1 is 1.06 bits per heavy atom. The number of aromatic nitrogens is 4. The molecular formula is C21H19ClN6O2S. The first-order valence-electron chi connectivity index (χ1n) is 9.86. The Morgan fingerprint density at radius 3 is 2.61 bits per heavy atom. The van der Waals surface area contributed by atoms with Crippen LogP contribution in [0.4, 0.5) is 5.69 Å². The van der Waals surface area contributed by atoms with Gasteiger partial charge in [0.05, 0.1) is 23.3 Å². The summed E-state index contributed by atoms with van der Waals surface area (Å²) in [7, 11) is 0. The number of piperazine rings is 1. The second-order valence-electron chi connectivity index (χ2n) is 7.30. The van der Waals surface area contributed by atoms with Gasteiger partial charge < -0.3 is 4.90 Å². The zero-order valence-corrected chi connectivity index (χ0v) is 18.1. The Kier molecular flexibility index (Phi) is 5.31. The molecule has 0 aliphatic carbocycles. The maximum Gasteiger partial charge on any atom is 0.292 e. The number of rotatable bonds is 4. The Labute approximate surface area is 186 Å². The van der Waals surface area contributed by atoms with Gasteiger partial charge in [0.15, 0.2) is 4.96 Å². The standard InChI is InChI=1S/C21H19ClN6O2S/c22-19-17(13-23-28(20(19)30)16-4-2-1-3-5-16)26-8-6-25(7-9-26)14-15-12-18(29)27-10-11-31-21(27)24-15/h1-5,10-13H,6-9,14H2. The van der Waals surface area contributed by atoms with Gasteiger partial charge in [-0.15, -0.1) is 11.3 Å². The van der Waals surface area contributed by atoms with Gasteiger partial charge in [0.25, 0.3) is 11.1 Å². The second kappa shape index (κ2) is 8.26. The normalized spacial score (nSPS) is 14.9. The van der Waals surface area contributed by atoms with Gasteiger partial charge >= 0.3 is 0 Å². The van der Waals surface area contributed by atoms with Gasteiger partial charge in [0.2, 0.25) is 0 Å². The van der Waals surface area contributed by atoms with Crippen molar-refractivity contribution in [2.75, 3.05) is 31.1 Å². The molecule has 0 radical (unpaired) electrons. The van der Waals surface area contributed by atoms with E-state index in [9.17, 15) is 9.59 Å². The summed E-state index contributed by atoms with van der Waals surface area (Å²) in [4.78, 5) is 34.5. The maximum atomic E-state index is 12.7. The molecule has 0 N–H and O–H groups in total. The lowest BCUT2D eigenvalue weighted by molar-refractivity contribution is 0.247. The van der Waals surface area contributed by atoms with Crippen LogP contribution < -0.4 is 16.0 Å². The average Bonchev–Trinajstić information content (AvgIpc) is 3.26. The highest BCUT2D eigenvalue weighted by molar-refractivity contribution is 7.15. The average molecular weight is 455 g/mol. The number of anilines is 1. The predicted molar refractivity (Wildman–Crippen MR) is 122 cm³/mol. The Hall–Kier alpha value is -3.01. The number of fused-ring (bicyclic) bond motifs is 1. The van der Waals surface area contributed by atoms with Gasteiger partial charge in [-0.25, -0.2) is 4.98 Å². The summed E-state index contributed by atoms with van der Waals surface area (Å²) in [5.41, 5.74) is 1.70. The van der Waals surface area contributed by atoms with E-state index in [1.165, 1.54) is 16.0 Å². The van der Waals surface area contributed by atoms with Crippen LogP contribution in [0.2, 0.25) is 5.02 Å². The van der Waals surface area contributed by atoms with Crippen molar-refractivity contribution >= 4 is 33.6 Å². The Morgan fingerprint density at radius 2 is 1.84 bits per heavy atom. The highest BCUT2D eigenvalue weighted by Gasteiger charge is 2.22. The van der Waals surface area contributed by atoms with E-state index in [1.54, 1.807) is 22.9 Å². The minimum absolute atomic E-state index is 0.0586. The lowest BCUT2D eigenvalue weighted by Crippen LogP contribution is -2.46. The fraction of sp³-hybridized carbons (Fsp3) is 0.238. The molecule has 1 aliphatic rings. The van der Waals surface area contributed by atoms with E-state index in [2.05, 4.69) is 19.9 Å². The fourth-order valence-electron chi connectivity index (χ4n) is 3.74. The van der Waals surface area contributed by atoms with E-state index >= 15 is 0 Å². The summed E-state index contributed by atoms with van der Waals surface area (Å²) < 4.78 is 2.87. The van der Waals surface area contributed by atoms with Crippen LogP contribution in [0.15, 0.2) is 63.8 Å². The number of thiazole rings is 1. The summed E-state index contributed by atoms with van der Waals surface area (Å²) in [6.45, 7) is 3.55. The van der Waals surface area contributed by atoms with Crippen LogP contribution in [0.3, 0.4) is 0 Å². The minimum atomic E-state index is -0.332. The number of hydrogen-bond donors (Lipinski definition) is 0. The molecule has 158 valence electrons. The van der Waals surface area contributed by atoms with Gasteiger partial charge in [0, 0.05) is 50.4 Å². The quantitative estimate of drug-likeness (QED) is 0.471. The number of benzene rings is 1. The third-order valence-corrected chi connectivity index (χ3v) is 6.47. The third kappa shape index (κ3) is 3.87. The number of hydrogen-bond acceptors (Lipinski definition) is 7. The SMILES string of the molecule is O=c1c(Cl)c(N2CCN(Cc3cc(=O)n4ccsc4n3)CC2)cnn1-c1ccccc1. The van der Waals surface area contributed by atoms with Crippen molar-refractivity contribution in [1.82, 2.24) is 24.1 Å². The van der Waals surface area contributed by atoms with Crippen LogP contribution in [0.1, 0.15) is 5.69 Å². The first kappa shape index (κ1) is 19.9. The molecule has 0 unspecified atom stereocenters. The molecule has 0 saturated carbocycles. The zero-order valence-electron chi connectivity index (χ0n) is 16.5. The molecule has 8 nitrogen and oxygen atoms in total. The molecular weight excluding hydrogens is 436 g/mol. The molecule has 10 heteroatoms. The molecule has 0 atom stereocenters. The summed E-state index contributed by atoms with van der Waals surface area (Å²) in [5.74, 6) is 0. The summed E-state index contributed by atoms with van der Waals surface area (Å²) in [5, 5.41) is 6.35. The van der Waals surface area contributed by atoms with Gasteiger partial charge in [-0.3, -0.25) is 18.9 Å². The van der Waals surface area contributed by atoms with Crippen molar-refractivity contribution in [2.45, 2.75) is 6.54 Å². The Balaban J connectivity index is 1.29. The zero-order chi connectivity index (χ0) is 21.4. The maximum absolute atomic E-state index is 12.7. The van der Waals surface area contributed by atoms with Crippen LogP contribution in [0.25, 0.3) is 10.6 Å². The van der Waals surface area contributed by atoms with Crippen molar-refractivity contribution in [1.29, 1.82) is 0 Å². The van der Waals surface area contributed by atoms with E-state index < -0.39 is 0 Å². The van der Waals surface area contributed by atoms with E-state index in [1.807, 2.05) is 35.7 Å². The van der Waals surface area contributed by atoms with Crippen molar-refractivity contribution in [2.24, 2.45) is 0 Å². The van der Waals surface area contributed by atoms with Crippen LogP contribution in [-0.2, 0) is 6.54 Å². The lowest BCUT2D eigenvalue weighted by atomic mass is 10.2. The number of nitrogens with zero attached hydrogens (tertiary/aromatic N) is 6. The summed E-state index contributed by atoms with van der Waals surface area (Å²) >= 11 is 7.89. The monoisotopic (exact) mass is 454 g/mol. The van der Waals surface area contributed by atoms with Crippen LogP contribution >= 0.6 is 22.9 Å². The van der Waals surface area contributed by atoms with Crippen LogP contribution in [0.5, 0.6) is 0 Å². The lowest BCUT2D eigenvalue weighted by Gasteiger charge is -2.36. The topological polar surface area (TPSA) is 75.7 Å². The third-order valence-electron chi connectivity index (χ3n) is 5.36. The molecule has 0 amide bonds. The molecule has 4 heterocycles. The molecule has 1 saturated heterocycles. The van der Waals surface area contributed by atoms with Crippen LogP contribution in [0, 0.1) is 0 Å². The highest BCUT2D eigenvalue weighted by Crippen LogP contribution is 2.23. The summed E-state index contributed by atoms with van der Waals surface area (Å²) in [6, 6.07) is 10.8. The second-order valence-corrected chi connectivity index (χ2v) is 8.55. The molecule has 1 aliphatic heterocycles. The smallest absolute Gasteiger partial charge is 0.292 e. The summed E-state index contributed by atoms with van der Waals surface area (Å²) in [6.07, 6.45) is 3.39. The van der Waals surface area contributed by atoms with E-state index in [4.69, 9.17) is 11.6 Å². The van der Waals surface area contributed by atoms with Gasteiger partial charge in [-0.05, 0) is 12.1 Å². The van der Waals surface area contributed by atoms with E-state index in [0.717, 1.165) is 18.8 Å². The van der Waals surface area contributed by atoms with Crippen LogP contribution in [-0.4, -0.2) is 50.2 Å². The molecule has 5 rings (SSSR count). The van der Waals surface area contributed by atoms with E-state index in [-0.39, 0.29) is 16.1 Å². The van der Waals surface area contributed by atoms with Crippen molar-refractivity contribution in [3.63, 3.8) is 0 Å². The van der Waals surface area contributed by atoms with Crippen molar-refractivity contribution in [3.8, 4) is 5.69 Å². The molecule has 0 spiro atoms. The van der Waals surface area contributed by atoms with Gasteiger partial charge in [-0.1, -0.05) is 29.8 Å². The number of para-hydroxylation sites is 1. The first-order chi connectivity index (χ1) is 15.1. The van der Waals surface area contributed by atoms with Crippen molar-refractivity contribution < 1.29 is 0 Å². The highest BCUT2D eigenvalue weighted by atomic mass is 35.5. The largest absolute Gasteiger partial charge is 0.366 e. The molecule has 1 fully saturated rings. The molecule has 31 heavy (non-hydrogen) atoms. The fourth-order valence-corrected chi connectivity index (χ4v) is 4.73. The number of halogens is 1. The van der Waals surface area contributed by atoms with E-state index in [0.29, 0.717) is 36.0 Å². The predicted octanol–water partition coefficient (Wildman–Crippen LogP) is 2.28.